The molecule has 3 aliphatic rings. The molecule has 144 valence electrons. The summed E-state index contributed by atoms with van der Waals surface area (Å²) < 4.78 is 0. The van der Waals surface area contributed by atoms with Crippen LogP contribution in [0.1, 0.15) is 50.5 Å². The maximum absolute atomic E-state index is 13.3. The minimum Gasteiger partial charge on any atom is -0.353 e. The SMILES string of the molecule is O=C(NC1CCCCC1)[C@H]1CC=C[C@H]2CCN(Cc3ccccc3)C(=O)[C@@H]12. The first-order valence-corrected chi connectivity index (χ1v) is 10.5. The van der Waals surface area contributed by atoms with E-state index in [0.717, 1.165) is 31.4 Å². The fourth-order valence-corrected chi connectivity index (χ4v) is 5.01. The van der Waals surface area contributed by atoms with Crippen molar-refractivity contribution in [2.75, 3.05) is 6.54 Å². The second kappa shape index (κ2) is 8.28. The number of hydrogen-bond donors (Lipinski definition) is 1. The van der Waals surface area contributed by atoms with Gasteiger partial charge >= 0.3 is 0 Å². The molecule has 1 aliphatic heterocycles. The molecule has 0 bridgehead atoms. The lowest BCUT2D eigenvalue weighted by Crippen LogP contribution is -2.52. The van der Waals surface area contributed by atoms with Gasteiger partial charge in [0.2, 0.25) is 11.8 Å². The van der Waals surface area contributed by atoms with Crippen LogP contribution in [0.4, 0.5) is 0 Å². The van der Waals surface area contributed by atoms with Crippen molar-refractivity contribution in [1.29, 1.82) is 0 Å². The topological polar surface area (TPSA) is 49.4 Å². The highest BCUT2D eigenvalue weighted by atomic mass is 16.2. The van der Waals surface area contributed by atoms with Gasteiger partial charge in [0.25, 0.3) is 0 Å². The van der Waals surface area contributed by atoms with Crippen molar-refractivity contribution < 1.29 is 9.59 Å². The van der Waals surface area contributed by atoms with Crippen LogP contribution < -0.4 is 5.32 Å². The van der Waals surface area contributed by atoms with Crippen LogP contribution in [0.5, 0.6) is 0 Å². The number of allylic oxidation sites excluding steroid dienone is 2. The van der Waals surface area contributed by atoms with Crippen LogP contribution in [0, 0.1) is 17.8 Å². The smallest absolute Gasteiger partial charge is 0.227 e. The third-order valence-electron chi connectivity index (χ3n) is 6.50. The van der Waals surface area contributed by atoms with Gasteiger partial charge in [-0.2, -0.15) is 0 Å². The summed E-state index contributed by atoms with van der Waals surface area (Å²) in [5.41, 5.74) is 1.15. The lowest BCUT2D eigenvalue weighted by molar-refractivity contribution is -0.148. The molecule has 1 aromatic rings. The van der Waals surface area contributed by atoms with Crippen molar-refractivity contribution in [2.24, 2.45) is 17.8 Å². The second-order valence-electron chi connectivity index (χ2n) is 8.34. The zero-order valence-corrected chi connectivity index (χ0v) is 16.0. The van der Waals surface area contributed by atoms with E-state index in [0.29, 0.717) is 19.0 Å². The summed E-state index contributed by atoms with van der Waals surface area (Å²) in [7, 11) is 0. The van der Waals surface area contributed by atoms with Crippen LogP contribution in [-0.2, 0) is 16.1 Å². The molecular formula is C23H30N2O2. The van der Waals surface area contributed by atoms with E-state index in [2.05, 4.69) is 29.6 Å². The fourth-order valence-electron chi connectivity index (χ4n) is 5.01. The highest BCUT2D eigenvalue weighted by molar-refractivity contribution is 5.89. The van der Waals surface area contributed by atoms with Gasteiger partial charge in [-0.05, 0) is 37.2 Å². The highest BCUT2D eigenvalue weighted by Gasteiger charge is 2.44. The number of nitrogens with zero attached hydrogens (tertiary/aromatic N) is 1. The summed E-state index contributed by atoms with van der Waals surface area (Å²) in [4.78, 5) is 28.3. The minimum atomic E-state index is -0.215. The Labute approximate surface area is 162 Å². The summed E-state index contributed by atoms with van der Waals surface area (Å²) in [5, 5.41) is 3.26. The third-order valence-corrected chi connectivity index (χ3v) is 6.50. The predicted molar refractivity (Wildman–Crippen MR) is 106 cm³/mol. The van der Waals surface area contributed by atoms with Gasteiger partial charge in [-0.15, -0.1) is 0 Å². The number of benzene rings is 1. The number of amides is 2. The number of piperidine rings is 1. The largest absolute Gasteiger partial charge is 0.353 e. The first kappa shape index (κ1) is 18.3. The van der Waals surface area contributed by atoms with Crippen LogP contribution in [-0.4, -0.2) is 29.3 Å². The van der Waals surface area contributed by atoms with Gasteiger partial charge < -0.3 is 10.2 Å². The molecule has 4 rings (SSSR count). The quantitative estimate of drug-likeness (QED) is 0.827. The van der Waals surface area contributed by atoms with Gasteiger partial charge in [0.15, 0.2) is 0 Å². The first-order chi connectivity index (χ1) is 13.2. The Balaban J connectivity index is 1.46. The Hall–Kier alpha value is -2.10. The van der Waals surface area contributed by atoms with E-state index in [9.17, 15) is 9.59 Å². The van der Waals surface area contributed by atoms with E-state index >= 15 is 0 Å². The molecule has 0 unspecified atom stereocenters. The van der Waals surface area contributed by atoms with Crippen LogP contribution in [0.3, 0.4) is 0 Å². The van der Waals surface area contributed by atoms with Gasteiger partial charge in [-0.25, -0.2) is 0 Å². The van der Waals surface area contributed by atoms with Gasteiger partial charge in [0.05, 0.1) is 11.8 Å². The lowest BCUT2D eigenvalue weighted by atomic mass is 9.71. The average Bonchev–Trinajstić information content (AvgIpc) is 2.71. The summed E-state index contributed by atoms with van der Waals surface area (Å²) in [6, 6.07) is 10.4. The number of hydrogen-bond acceptors (Lipinski definition) is 2. The molecule has 27 heavy (non-hydrogen) atoms. The van der Waals surface area contributed by atoms with E-state index in [1.54, 1.807) is 0 Å². The van der Waals surface area contributed by atoms with Gasteiger partial charge in [0, 0.05) is 19.1 Å². The van der Waals surface area contributed by atoms with E-state index < -0.39 is 0 Å². The third kappa shape index (κ3) is 4.10. The van der Waals surface area contributed by atoms with Crippen molar-refractivity contribution in [3.63, 3.8) is 0 Å². The molecule has 1 N–H and O–H groups in total. The minimum absolute atomic E-state index is 0.0937. The second-order valence-corrected chi connectivity index (χ2v) is 8.34. The van der Waals surface area contributed by atoms with Crippen LogP contribution in [0.2, 0.25) is 0 Å². The zero-order chi connectivity index (χ0) is 18.6. The van der Waals surface area contributed by atoms with Gasteiger partial charge in [0.1, 0.15) is 0 Å². The molecule has 2 aliphatic carbocycles. The molecule has 1 heterocycles. The molecule has 2 amide bonds. The molecular weight excluding hydrogens is 336 g/mol. The van der Waals surface area contributed by atoms with Crippen molar-refractivity contribution in [3.05, 3.63) is 48.0 Å². The number of fused-ring (bicyclic) bond motifs is 1. The molecule has 0 spiro atoms. The van der Waals surface area contributed by atoms with Gasteiger partial charge in [-0.1, -0.05) is 61.7 Å². The van der Waals surface area contributed by atoms with Crippen molar-refractivity contribution >= 4 is 11.8 Å². The monoisotopic (exact) mass is 366 g/mol. The molecule has 1 saturated carbocycles. The summed E-state index contributed by atoms with van der Waals surface area (Å²) in [6.07, 6.45) is 11.8. The Morgan fingerprint density at radius 2 is 1.85 bits per heavy atom. The number of carbonyl (C=O) groups is 2. The van der Waals surface area contributed by atoms with Crippen molar-refractivity contribution in [2.45, 2.75) is 57.5 Å². The van der Waals surface area contributed by atoms with Crippen LogP contribution >= 0.6 is 0 Å². The Kier molecular flexibility index (Phi) is 5.61. The standard InChI is InChI=1S/C23H30N2O2/c26-22(24-19-11-5-2-6-12-19)20-13-7-10-18-14-15-25(23(27)21(18)20)16-17-8-3-1-4-9-17/h1,3-4,7-10,18-21H,2,5-6,11-16H2,(H,24,26)/t18-,20-,21+/m0/s1. The lowest BCUT2D eigenvalue weighted by Gasteiger charge is -2.42. The summed E-state index contributed by atoms with van der Waals surface area (Å²) >= 11 is 0. The van der Waals surface area contributed by atoms with E-state index in [-0.39, 0.29) is 29.6 Å². The van der Waals surface area contributed by atoms with Crippen LogP contribution in [0.25, 0.3) is 0 Å². The maximum atomic E-state index is 13.3. The molecule has 4 nitrogen and oxygen atoms in total. The first-order valence-electron chi connectivity index (χ1n) is 10.5. The molecule has 4 heteroatoms. The Bertz CT molecular complexity index is 694. The molecule has 0 radical (unpaired) electrons. The predicted octanol–water partition coefficient (Wildman–Crippen LogP) is 3.68. The van der Waals surface area contributed by atoms with Crippen molar-refractivity contribution in [3.8, 4) is 0 Å². The summed E-state index contributed by atoms with van der Waals surface area (Å²) in [5.74, 6) is 0.0452. The van der Waals surface area contributed by atoms with Crippen LogP contribution in [0.15, 0.2) is 42.5 Å². The van der Waals surface area contributed by atoms with Crippen molar-refractivity contribution in [1.82, 2.24) is 10.2 Å². The Morgan fingerprint density at radius 3 is 2.63 bits per heavy atom. The molecule has 1 saturated heterocycles. The molecule has 3 atom stereocenters. The van der Waals surface area contributed by atoms with E-state index in [1.165, 1.54) is 19.3 Å². The van der Waals surface area contributed by atoms with E-state index in [1.807, 2.05) is 23.1 Å². The zero-order valence-electron chi connectivity index (χ0n) is 16.0. The van der Waals surface area contributed by atoms with E-state index in [4.69, 9.17) is 0 Å². The normalized spacial score (nSPS) is 28.7. The number of nitrogens with one attached hydrogen (secondary N) is 1. The van der Waals surface area contributed by atoms with Gasteiger partial charge in [-0.3, -0.25) is 9.59 Å². The number of rotatable bonds is 4. The molecule has 1 aromatic carbocycles. The number of likely N-dealkylation sites (tertiary alicyclic amines) is 1. The summed E-state index contributed by atoms with van der Waals surface area (Å²) in [6.45, 7) is 1.42. The fraction of sp³-hybridized carbons (Fsp3) is 0.565. The Morgan fingerprint density at radius 1 is 1.07 bits per heavy atom. The maximum Gasteiger partial charge on any atom is 0.227 e. The highest BCUT2D eigenvalue weighted by Crippen LogP contribution is 2.38. The number of carbonyl (C=O) groups excluding carboxylic acids is 2. The molecule has 2 fully saturated rings. The average molecular weight is 367 g/mol. The molecule has 0 aromatic heterocycles.